The first-order valence-electron chi connectivity index (χ1n) is 18.5. The van der Waals surface area contributed by atoms with Gasteiger partial charge >= 0.3 is 11.9 Å². The third-order valence-electron chi connectivity index (χ3n) is 8.11. The van der Waals surface area contributed by atoms with E-state index in [2.05, 4.69) is 37.4 Å². The predicted molar refractivity (Wildman–Crippen MR) is 185 cm³/mol. The van der Waals surface area contributed by atoms with Gasteiger partial charge in [-0.25, -0.2) is 0 Å². The average molecular weight is 620 g/mol. The minimum absolute atomic E-state index is 0.0985. The Kier molecular flexibility index (Phi) is 32.2. The molecule has 0 heterocycles. The van der Waals surface area contributed by atoms with Crippen LogP contribution in [0.25, 0.3) is 0 Å². The molecule has 0 aromatic rings. The maximum atomic E-state index is 12.6. The molecule has 0 bridgehead atoms. The highest BCUT2D eigenvalue weighted by Crippen LogP contribution is 2.16. The van der Waals surface area contributed by atoms with Crippen molar-refractivity contribution in [1.82, 2.24) is 5.32 Å². The molecule has 0 aromatic carbocycles. The SMILES string of the molecule is CCCC/C=C\C/C=C\C(CCCCCCC(=O)NCC(=O)O)OC(=O)CCCCCCCCCCCCCCCCCC. The molecule has 0 saturated heterocycles. The van der Waals surface area contributed by atoms with Crippen LogP contribution in [-0.4, -0.2) is 35.6 Å². The summed E-state index contributed by atoms with van der Waals surface area (Å²) < 4.78 is 5.85. The Bertz CT molecular complexity index is 733. The average Bonchev–Trinajstić information content (AvgIpc) is 3.00. The molecule has 0 aliphatic rings. The number of amides is 1. The minimum atomic E-state index is -1.03. The Morgan fingerprint density at radius 3 is 1.66 bits per heavy atom. The number of allylic oxidation sites excluding steroid dienone is 3. The highest BCUT2D eigenvalue weighted by atomic mass is 16.5. The molecule has 44 heavy (non-hydrogen) atoms. The Morgan fingerprint density at radius 1 is 0.614 bits per heavy atom. The number of carbonyl (C=O) groups excluding carboxylic acids is 2. The number of esters is 1. The number of ether oxygens (including phenoxy) is 1. The van der Waals surface area contributed by atoms with Gasteiger partial charge in [0.15, 0.2) is 0 Å². The number of nitrogens with one attached hydrogen (secondary N) is 1. The Hall–Kier alpha value is -2.11. The van der Waals surface area contributed by atoms with Crippen molar-refractivity contribution in [3.8, 4) is 0 Å². The van der Waals surface area contributed by atoms with E-state index in [-0.39, 0.29) is 24.5 Å². The van der Waals surface area contributed by atoms with Gasteiger partial charge in [0, 0.05) is 12.8 Å². The summed E-state index contributed by atoms with van der Waals surface area (Å²) in [5.41, 5.74) is 0. The van der Waals surface area contributed by atoms with Gasteiger partial charge in [0.1, 0.15) is 12.6 Å². The molecule has 0 aliphatic carbocycles. The number of unbranched alkanes of at least 4 members (excludes halogenated alkanes) is 20. The van der Waals surface area contributed by atoms with Crippen LogP contribution in [0, 0.1) is 0 Å². The van der Waals surface area contributed by atoms with Gasteiger partial charge in [0.2, 0.25) is 5.91 Å². The molecule has 0 aromatic heterocycles. The summed E-state index contributed by atoms with van der Waals surface area (Å²) in [6.45, 7) is 4.14. The molecule has 1 atom stereocenters. The van der Waals surface area contributed by atoms with Crippen molar-refractivity contribution in [1.29, 1.82) is 0 Å². The van der Waals surface area contributed by atoms with Crippen LogP contribution < -0.4 is 5.32 Å². The van der Waals surface area contributed by atoms with Crippen LogP contribution in [-0.2, 0) is 19.1 Å². The molecule has 1 unspecified atom stereocenters. The Morgan fingerprint density at radius 2 is 1.11 bits per heavy atom. The quantitative estimate of drug-likeness (QED) is 0.0433. The molecule has 0 spiro atoms. The number of carboxylic acid groups (broad SMARTS) is 1. The molecule has 0 fully saturated rings. The van der Waals surface area contributed by atoms with E-state index in [0.717, 1.165) is 57.8 Å². The lowest BCUT2D eigenvalue weighted by Crippen LogP contribution is -2.28. The first-order chi connectivity index (χ1) is 21.5. The maximum absolute atomic E-state index is 12.6. The van der Waals surface area contributed by atoms with Crippen molar-refractivity contribution in [3.05, 3.63) is 24.3 Å². The van der Waals surface area contributed by atoms with Gasteiger partial charge in [-0.1, -0.05) is 154 Å². The molecule has 1 amide bonds. The molecule has 0 rings (SSSR count). The summed E-state index contributed by atoms with van der Waals surface area (Å²) in [6, 6.07) is 0. The van der Waals surface area contributed by atoms with E-state index >= 15 is 0 Å². The summed E-state index contributed by atoms with van der Waals surface area (Å²) in [6.07, 6.45) is 38.9. The molecule has 0 saturated carbocycles. The maximum Gasteiger partial charge on any atom is 0.322 e. The van der Waals surface area contributed by atoms with Gasteiger partial charge in [0.05, 0.1) is 0 Å². The molecular weight excluding hydrogens is 550 g/mol. The first kappa shape index (κ1) is 41.9. The lowest BCUT2D eigenvalue weighted by Gasteiger charge is -2.14. The van der Waals surface area contributed by atoms with E-state index in [1.54, 1.807) is 0 Å². The predicted octanol–water partition coefficient (Wildman–Crippen LogP) is 10.8. The molecule has 0 radical (unpaired) electrons. The highest BCUT2D eigenvalue weighted by Gasteiger charge is 2.12. The number of hydrogen-bond donors (Lipinski definition) is 2. The van der Waals surface area contributed by atoms with Crippen LogP contribution >= 0.6 is 0 Å². The minimum Gasteiger partial charge on any atom is -0.480 e. The highest BCUT2D eigenvalue weighted by molar-refractivity contribution is 5.80. The van der Waals surface area contributed by atoms with Gasteiger partial charge in [-0.2, -0.15) is 0 Å². The molecule has 6 nitrogen and oxygen atoms in total. The van der Waals surface area contributed by atoms with Crippen LogP contribution in [0.2, 0.25) is 0 Å². The van der Waals surface area contributed by atoms with E-state index in [0.29, 0.717) is 12.8 Å². The zero-order valence-electron chi connectivity index (χ0n) is 28.8. The van der Waals surface area contributed by atoms with Crippen molar-refractivity contribution in [2.75, 3.05) is 6.54 Å². The van der Waals surface area contributed by atoms with Gasteiger partial charge in [0.25, 0.3) is 0 Å². The van der Waals surface area contributed by atoms with Crippen LogP contribution in [0.4, 0.5) is 0 Å². The topological polar surface area (TPSA) is 92.7 Å². The molecular formula is C38H69NO5. The summed E-state index contributed by atoms with van der Waals surface area (Å²) in [4.78, 5) is 34.8. The Labute approximate surface area is 271 Å². The molecule has 0 aliphatic heterocycles. The van der Waals surface area contributed by atoms with Gasteiger partial charge < -0.3 is 15.2 Å². The van der Waals surface area contributed by atoms with Gasteiger partial charge in [-0.05, 0) is 44.6 Å². The summed E-state index contributed by atoms with van der Waals surface area (Å²) in [5, 5.41) is 11.0. The van der Waals surface area contributed by atoms with Crippen LogP contribution in [0.3, 0.4) is 0 Å². The number of carboxylic acids is 1. The fourth-order valence-corrected chi connectivity index (χ4v) is 5.33. The second-order valence-electron chi connectivity index (χ2n) is 12.5. The van der Waals surface area contributed by atoms with E-state index in [4.69, 9.17) is 9.84 Å². The largest absolute Gasteiger partial charge is 0.480 e. The number of rotatable bonds is 33. The fraction of sp³-hybridized carbons (Fsp3) is 0.816. The third kappa shape index (κ3) is 32.8. The van der Waals surface area contributed by atoms with E-state index < -0.39 is 5.97 Å². The van der Waals surface area contributed by atoms with Crippen LogP contribution in [0.1, 0.15) is 187 Å². The molecule has 2 N–H and O–H groups in total. The number of carbonyl (C=O) groups is 3. The van der Waals surface area contributed by atoms with E-state index in [9.17, 15) is 14.4 Å². The van der Waals surface area contributed by atoms with Crippen molar-refractivity contribution in [2.24, 2.45) is 0 Å². The molecule has 6 heteroatoms. The zero-order chi connectivity index (χ0) is 32.4. The molecule has 256 valence electrons. The van der Waals surface area contributed by atoms with E-state index in [1.807, 2.05) is 6.08 Å². The smallest absolute Gasteiger partial charge is 0.322 e. The van der Waals surface area contributed by atoms with Gasteiger partial charge in [-0.15, -0.1) is 0 Å². The summed E-state index contributed by atoms with van der Waals surface area (Å²) in [5.74, 6) is -1.35. The normalized spacial score (nSPS) is 12.2. The second-order valence-corrected chi connectivity index (χ2v) is 12.5. The van der Waals surface area contributed by atoms with Crippen LogP contribution in [0.15, 0.2) is 24.3 Å². The van der Waals surface area contributed by atoms with Gasteiger partial charge in [-0.3, -0.25) is 14.4 Å². The second kappa shape index (κ2) is 33.8. The third-order valence-corrected chi connectivity index (χ3v) is 8.11. The number of hydrogen-bond acceptors (Lipinski definition) is 4. The lowest BCUT2D eigenvalue weighted by atomic mass is 10.0. The first-order valence-corrected chi connectivity index (χ1v) is 18.5. The standard InChI is InChI=1S/C38H69NO5/c1-3-5-7-9-11-12-13-14-15-16-17-18-19-21-23-29-33-38(43)44-35(30-26-22-20-10-8-6-4-2)31-27-24-25-28-32-36(40)39-34-37(41)42/h10,20,26,30,35H,3-9,11-19,21-25,27-29,31-34H2,1-2H3,(H,39,40)(H,41,42)/b20-10-,30-26-. The number of aliphatic carboxylic acids is 1. The van der Waals surface area contributed by atoms with Crippen molar-refractivity contribution >= 4 is 17.8 Å². The van der Waals surface area contributed by atoms with Crippen LogP contribution in [0.5, 0.6) is 0 Å². The van der Waals surface area contributed by atoms with Crippen molar-refractivity contribution in [2.45, 2.75) is 193 Å². The van der Waals surface area contributed by atoms with Crippen molar-refractivity contribution in [3.63, 3.8) is 0 Å². The summed E-state index contributed by atoms with van der Waals surface area (Å²) >= 11 is 0. The van der Waals surface area contributed by atoms with Crippen molar-refractivity contribution < 1.29 is 24.2 Å². The van der Waals surface area contributed by atoms with E-state index in [1.165, 1.54) is 103 Å². The lowest BCUT2D eigenvalue weighted by molar-refractivity contribution is -0.147. The monoisotopic (exact) mass is 620 g/mol. The zero-order valence-corrected chi connectivity index (χ0v) is 28.8. The summed E-state index contributed by atoms with van der Waals surface area (Å²) in [7, 11) is 0. The Balaban J connectivity index is 4.06. The fourth-order valence-electron chi connectivity index (χ4n) is 5.33.